The summed E-state index contributed by atoms with van der Waals surface area (Å²) in [5.74, 6) is 1.33. The maximum absolute atomic E-state index is 12.5. The highest BCUT2D eigenvalue weighted by Gasteiger charge is 2.13. The molecule has 31 heavy (non-hydrogen) atoms. The summed E-state index contributed by atoms with van der Waals surface area (Å²) in [4.78, 5) is 24.8. The smallest absolute Gasteiger partial charge is 0.343 e. The molecule has 0 saturated heterocycles. The van der Waals surface area contributed by atoms with Crippen molar-refractivity contribution in [2.24, 2.45) is 0 Å². The second kappa shape index (κ2) is 10.1. The predicted octanol–water partition coefficient (Wildman–Crippen LogP) is 4.83. The van der Waals surface area contributed by atoms with Crippen LogP contribution in [0, 0.1) is 0 Å². The Morgan fingerprint density at radius 1 is 0.710 bits per heavy atom. The number of allylic oxidation sites excluding steroid dienone is 1. The van der Waals surface area contributed by atoms with Crippen molar-refractivity contribution >= 4 is 17.8 Å². The lowest BCUT2D eigenvalue weighted by atomic mass is 10.1. The van der Waals surface area contributed by atoms with E-state index >= 15 is 0 Å². The first kappa shape index (κ1) is 21.6. The van der Waals surface area contributed by atoms with Gasteiger partial charge in [-0.2, -0.15) is 0 Å². The number of ketones is 1. The molecule has 6 heteroatoms. The van der Waals surface area contributed by atoms with Crippen molar-refractivity contribution in [1.82, 2.24) is 0 Å². The second-order valence-electron chi connectivity index (χ2n) is 6.46. The minimum absolute atomic E-state index is 0.143. The van der Waals surface area contributed by atoms with Crippen molar-refractivity contribution in [3.05, 3.63) is 89.5 Å². The van der Waals surface area contributed by atoms with E-state index in [-0.39, 0.29) is 5.78 Å². The van der Waals surface area contributed by atoms with Crippen LogP contribution < -0.4 is 18.9 Å². The number of methoxy groups -OCH3 is 3. The maximum Gasteiger partial charge on any atom is 0.343 e. The lowest BCUT2D eigenvalue weighted by molar-refractivity contribution is 0.0734. The summed E-state index contributed by atoms with van der Waals surface area (Å²) in [6, 6.07) is 18.6. The molecule has 0 aliphatic carbocycles. The Labute approximate surface area is 180 Å². The molecule has 0 bridgehead atoms. The Morgan fingerprint density at radius 3 is 2.10 bits per heavy atom. The lowest BCUT2D eigenvalue weighted by Gasteiger charge is -2.09. The van der Waals surface area contributed by atoms with Crippen LogP contribution in [0.1, 0.15) is 26.3 Å². The summed E-state index contributed by atoms with van der Waals surface area (Å²) < 4.78 is 21.0. The molecule has 3 rings (SSSR count). The van der Waals surface area contributed by atoms with E-state index in [0.29, 0.717) is 34.1 Å². The Bertz CT molecular complexity index is 1100. The third kappa shape index (κ3) is 5.51. The molecule has 0 aromatic heterocycles. The first-order valence-corrected chi connectivity index (χ1v) is 9.45. The fourth-order valence-electron chi connectivity index (χ4n) is 2.83. The van der Waals surface area contributed by atoms with Gasteiger partial charge in [-0.3, -0.25) is 4.79 Å². The third-order valence-electron chi connectivity index (χ3n) is 4.49. The summed E-state index contributed by atoms with van der Waals surface area (Å²) in [5, 5.41) is 0. The Hall–Kier alpha value is -4.06. The van der Waals surface area contributed by atoms with Crippen LogP contribution in [-0.2, 0) is 0 Å². The molecule has 0 N–H and O–H groups in total. The minimum atomic E-state index is -0.531. The van der Waals surface area contributed by atoms with Gasteiger partial charge in [0.1, 0.15) is 11.5 Å². The Kier molecular flexibility index (Phi) is 7.06. The summed E-state index contributed by atoms with van der Waals surface area (Å²) in [7, 11) is 4.59. The molecule has 0 fully saturated rings. The van der Waals surface area contributed by atoms with E-state index in [0.717, 1.165) is 5.56 Å². The first-order chi connectivity index (χ1) is 15.0. The summed E-state index contributed by atoms with van der Waals surface area (Å²) in [6.07, 6.45) is 3.14. The van der Waals surface area contributed by atoms with Gasteiger partial charge in [0.2, 0.25) is 0 Å². The van der Waals surface area contributed by atoms with Crippen LogP contribution in [0.3, 0.4) is 0 Å². The highest BCUT2D eigenvalue weighted by atomic mass is 16.5. The summed E-state index contributed by atoms with van der Waals surface area (Å²) >= 11 is 0. The molecule has 0 aliphatic rings. The molecule has 158 valence electrons. The normalized spacial score (nSPS) is 10.5. The molecule has 6 nitrogen and oxygen atoms in total. The molecule has 0 saturated carbocycles. The van der Waals surface area contributed by atoms with E-state index in [1.165, 1.54) is 20.3 Å². The highest BCUT2D eigenvalue weighted by molar-refractivity contribution is 6.06. The largest absolute Gasteiger partial charge is 0.497 e. The molecule has 0 spiro atoms. The average Bonchev–Trinajstić information content (AvgIpc) is 2.82. The van der Waals surface area contributed by atoms with Crippen molar-refractivity contribution in [3.63, 3.8) is 0 Å². The molecule has 0 aliphatic heterocycles. The predicted molar refractivity (Wildman–Crippen MR) is 117 cm³/mol. The van der Waals surface area contributed by atoms with E-state index in [4.69, 9.17) is 18.9 Å². The van der Waals surface area contributed by atoms with Crippen molar-refractivity contribution < 1.29 is 28.5 Å². The number of rotatable bonds is 8. The zero-order valence-electron chi connectivity index (χ0n) is 17.5. The van der Waals surface area contributed by atoms with E-state index in [9.17, 15) is 9.59 Å². The Balaban J connectivity index is 1.70. The molecule has 3 aromatic rings. The van der Waals surface area contributed by atoms with Crippen molar-refractivity contribution in [2.45, 2.75) is 0 Å². The number of hydrogen-bond acceptors (Lipinski definition) is 6. The van der Waals surface area contributed by atoms with Gasteiger partial charge < -0.3 is 18.9 Å². The van der Waals surface area contributed by atoms with Gasteiger partial charge in [0.05, 0.1) is 26.9 Å². The van der Waals surface area contributed by atoms with E-state index in [1.807, 2.05) is 6.07 Å². The van der Waals surface area contributed by atoms with Gasteiger partial charge in [-0.1, -0.05) is 18.2 Å². The number of ether oxygens (including phenoxy) is 4. The van der Waals surface area contributed by atoms with Crippen LogP contribution in [-0.4, -0.2) is 33.1 Å². The quantitative estimate of drug-likeness (QED) is 0.226. The fraction of sp³-hybridized carbons (Fsp3) is 0.120. The zero-order chi connectivity index (χ0) is 22.2. The van der Waals surface area contributed by atoms with Crippen molar-refractivity contribution in [2.75, 3.05) is 21.3 Å². The van der Waals surface area contributed by atoms with Crippen molar-refractivity contribution in [3.8, 4) is 23.0 Å². The number of carbonyl (C=O) groups is 2. The van der Waals surface area contributed by atoms with Gasteiger partial charge in [-0.25, -0.2) is 4.79 Å². The number of benzene rings is 3. The fourth-order valence-corrected chi connectivity index (χ4v) is 2.83. The van der Waals surface area contributed by atoms with Crippen LogP contribution >= 0.6 is 0 Å². The van der Waals surface area contributed by atoms with Crippen LogP contribution in [0.4, 0.5) is 0 Å². The van der Waals surface area contributed by atoms with Gasteiger partial charge in [0.25, 0.3) is 0 Å². The monoisotopic (exact) mass is 418 g/mol. The molecule has 0 unspecified atom stereocenters. The van der Waals surface area contributed by atoms with Crippen LogP contribution in [0.5, 0.6) is 23.0 Å². The standard InChI is InChI=1S/C25H22O6/c1-28-20-11-8-18(9-12-20)22(26)13-7-17-5-4-6-21(15-17)31-25(27)19-10-14-23(29-2)24(16-19)30-3/h4-16H,1-3H3. The van der Waals surface area contributed by atoms with Crippen LogP contribution in [0.25, 0.3) is 6.08 Å². The topological polar surface area (TPSA) is 71.1 Å². The second-order valence-corrected chi connectivity index (χ2v) is 6.46. The molecule has 0 heterocycles. The number of esters is 1. The van der Waals surface area contributed by atoms with E-state index in [2.05, 4.69) is 0 Å². The minimum Gasteiger partial charge on any atom is -0.497 e. The summed E-state index contributed by atoms with van der Waals surface area (Å²) in [6.45, 7) is 0. The lowest BCUT2D eigenvalue weighted by Crippen LogP contribution is -2.09. The van der Waals surface area contributed by atoms with Gasteiger partial charge in [0, 0.05) is 5.56 Å². The Morgan fingerprint density at radius 2 is 1.42 bits per heavy atom. The van der Waals surface area contributed by atoms with Gasteiger partial charge in [-0.05, 0) is 66.2 Å². The number of hydrogen-bond donors (Lipinski definition) is 0. The van der Waals surface area contributed by atoms with Crippen molar-refractivity contribution in [1.29, 1.82) is 0 Å². The number of carbonyl (C=O) groups excluding carboxylic acids is 2. The SMILES string of the molecule is COc1ccc(C(=O)C=Cc2cccc(OC(=O)c3ccc(OC)c(OC)c3)c2)cc1. The first-order valence-electron chi connectivity index (χ1n) is 9.45. The summed E-state index contributed by atoms with van der Waals surface area (Å²) in [5.41, 5.74) is 1.60. The van der Waals surface area contributed by atoms with Crippen LogP contribution in [0.2, 0.25) is 0 Å². The molecule has 0 amide bonds. The average molecular weight is 418 g/mol. The molecular formula is C25H22O6. The third-order valence-corrected chi connectivity index (χ3v) is 4.49. The molecule has 3 aromatic carbocycles. The van der Waals surface area contributed by atoms with Crippen LogP contribution in [0.15, 0.2) is 72.8 Å². The maximum atomic E-state index is 12.5. The van der Waals surface area contributed by atoms with E-state index < -0.39 is 5.97 Å². The molecular weight excluding hydrogens is 396 g/mol. The highest BCUT2D eigenvalue weighted by Crippen LogP contribution is 2.28. The van der Waals surface area contributed by atoms with E-state index in [1.54, 1.807) is 73.8 Å². The van der Waals surface area contributed by atoms with Gasteiger partial charge in [-0.15, -0.1) is 0 Å². The molecule has 0 radical (unpaired) electrons. The molecule has 0 atom stereocenters. The van der Waals surface area contributed by atoms with Gasteiger partial charge in [0.15, 0.2) is 17.3 Å². The van der Waals surface area contributed by atoms with Gasteiger partial charge >= 0.3 is 5.97 Å². The zero-order valence-corrected chi connectivity index (χ0v) is 17.5.